The van der Waals surface area contributed by atoms with Crippen LogP contribution in [0.25, 0.3) is 16.9 Å². The molecule has 3 heterocycles. The molecule has 0 aliphatic heterocycles. The topological polar surface area (TPSA) is 97.1 Å². The summed E-state index contributed by atoms with van der Waals surface area (Å²) in [6, 6.07) is 14.8. The van der Waals surface area contributed by atoms with Gasteiger partial charge in [0.2, 0.25) is 0 Å². The van der Waals surface area contributed by atoms with E-state index in [-0.39, 0.29) is 11.6 Å². The molecule has 142 valence electrons. The predicted octanol–water partition coefficient (Wildman–Crippen LogP) is 2.47. The molecule has 3 aromatic heterocycles. The normalized spacial score (nSPS) is 11.0. The minimum absolute atomic E-state index is 0.186. The van der Waals surface area contributed by atoms with Crippen molar-refractivity contribution < 1.29 is 4.79 Å². The van der Waals surface area contributed by atoms with Crippen molar-refractivity contribution in [3.8, 4) is 11.3 Å². The van der Waals surface area contributed by atoms with Gasteiger partial charge >= 0.3 is 5.69 Å². The van der Waals surface area contributed by atoms with Gasteiger partial charge in [0.1, 0.15) is 5.69 Å². The van der Waals surface area contributed by atoms with E-state index in [0.29, 0.717) is 36.5 Å². The Morgan fingerprint density at radius 2 is 2.00 bits per heavy atom. The summed E-state index contributed by atoms with van der Waals surface area (Å²) in [5, 5.41) is 14.0. The van der Waals surface area contributed by atoms with Crippen molar-refractivity contribution in [1.29, 1.82) is 0 Å². The van der Waals surface area contributed by atoms with Crippen molar-refractivity contribution in [3.05, 3.63) is 75.4 Å². The van der Waals surface area contributed by atoms with E-state index in [1.807, 2.05) is 30.3 Å². The van der Waals surface area contributed by atoms with Gasteiger partial charge < -0.3 is 5.32 Å². The molecule has 4 rings (SSSR count). The van der Waals surface area contributed by atoms with Gasteiger partial charge in [-0.05, 0) is 36.8 Å². The van der Waals surface area contributed by atoms with Crippen LogP contribution >= 0.6 is 15.9 Å². The van der Waals surface area contributed by atoms with Gasteiger partial charge in [-0.2, -0.15) is 5.10 Å². The van der Waals surface area contributed by atoms with Crippen LogP contribution in [0.15, 0.2) is 64.0 Å². The molecular formula is C19H17BrN6O2. The highest BCUT2D eigenvalue weighted by Crippen LogP contribution is 2.20. The number of amides is 1. The number of fused-ring (bicyclic) bond motifs is 1. The molecule has 0 fully saturated rings. The van der Waals surface area contributed by atoms with Crippen molar-refractivity contribution in [2.75, 3.05) is 6.54 Å². The first-order chi connectivity index (χ1) is 13.6. The number of rotatable bonds is 6. The van der Waals surface area contributed by atoms with Gasteiger partial charge in [-0.25, -0.2) is 9.48 Å². The number of carbonyl (C=O) groups excluding carboxylic acids is 1. The predicted molar refractivity (Wildman–Crippen MR) is 108 cm³/mol. The first-order valence-corrected chi connectivity index (χ1v) is 9.55. The number of carbonyl (C=O) groups is 1. The first kappa shape index (κ1) is 18.2. The minimum Gasteiger partial charge on any atom is -0.351 e. The molecule has 1 aromatic carbocycles. The third-order valence-corrected chi connectivity index (χ3v) is 4.81. The van der Waals surface area contributed by atoms with E-state index in [1.165, 1.54) is 9.08 Å². The van der Waals surface area contributed by atoms with Crippen molar-refractivity contribution >= 4 is 27.5 Å². The Bertz CT molecular complexity index is 1180. The number of nitrogens with one attached hydrogen (secondary N) is 2. The second-order valence-corrected chi connectivity index (χ2v) is 7.13. The van der Waals surface area contributed by atoms with Crippen molar-refractivity contribution in [2.45, 2.75) is 13.0 Å². The third kappa shape index (κ3) is 3.74. The standard InChI is InChI=1S/C19H17BrN6O2/c20-14-7-5-13(6-8-14)15-12-16(23-22-15)18(27)21-9-3-11-26-19(28)25-10-2-1-4-17(25)24-26/h1-2,4-8,10,12H,3,9,11H2,(H,21,27)(H,22,23). The Labute approximate surface area is 168 Å². The highest BCUT2D eigenvalue weighted by Gasteiger charge is 2.11. The van der Waals surface area contributed by atoms with Gasteiger partial charge in [-0.3, -0.25) is 14.3 Å². The summed E-state index contributed by atoms with van der Waals surface area (Å²) in [4.78, 5) is 24.5. The zero-order valence-corrected chi connectivity index (χ0v) is 16.4. The molecule has 0 aliphatic rings. The lowest BCUT2D eigenvalue weighted by Crippen LogP contribution is -2.27. The average Bonchev–Trinajstić information content (AvgIpc) is 3.32. The smallest absolute Gasteiger partial charge is 0.350 e. The van der Waals surface area contributed by atoms with Crippen molar-refractivity contribution in [3.63, 3.8) is 0 Å². The van der Waals surface area contributed by atoms with Crippen molar-refractivity contribution in [2.24, 2.45) is 0 Å². The van der Waals surface area contributed by atoms with E-state index in [2.05, 4.69) is 36.5 Å². The van der Waals surface area contributed by atoms with Crippen LogP contribution in [0.1, 0.15) is 16.9 Å². The molecule has 8 nitrogen and oxygen atoms in total. The Balaban J connectivity index is 1.33. The monoisotopic (exact) mass is 440 g/mol. The van der Waals surface area contributed by atoms with Gasteiger partial charge in [0, 0.05) is 29.3 Å². The van der Waals surface area contributed by atoms with Crippen LogP contribution in [-0.2, 0) is 6.54 Å². The molecule has 0 aliphatic carbocycles. The highest BCUT2D eigenvalue weighted by molar-refractivity contribution is 9.10. The average molecular weight is 441 g/mol. The Hall–Kier alpha value is -3.20. The van der Waals surface area contributed by atoms with Crippen LogP contribution in [0.3, 0.4) is 0 Å². The van der Waals surface area contributed by atoms with Crippen LogP contribution in [0.5, 0.6) is 0 Å². The molecule has 0 bridgehead atoms. The molecule has 0 atom stereocenters. The third-order valence-electron chi connectivity index (χ3n) is 4.28. The van der Waals surface area contributed by atoms with Gasteiger partial charge in [-0.1, -0.05) is 34.1 Å². The van der Waals surface area contributed by atoms with Gasteiger partial charge in [0.25, 0.3) is 5.91 Å². The summed E-state index contributed by atoms with van der Waals surface area (Å²) >= 11 is 3.39. The zero-order chi connectivity index (χ0) is 19.5. The lowest BCUT2D eigenvalue weighted by atomic mass is 10.1. The Morgan fingerprint density at radius 1 is 1.18 bits per heavy atom. The molecule has 2 N–H and O–H groups in total. The number of pyridine rings is 1. The fourth-order valence-corrected chi connectivity index (χ4v) is 3.11. The number of benzene rings is 1. The minimum atomic E-state index is -0.238. The second-order valence-electron chi connectivity index (χ2n) is 6.22. The van der Waals surface area contributed by atoms with Crippen LogP contribution in [0.2, 0.25) is 0 Å². The van der Waals surface area contributed by atoms with Gasteiger partial charge in [0.15, 0.2) is 5.65 Å². The maximum absolute atomic E-state index is 12.3. The summed E-state index contributed by atoms with van der Waals surface area (Å²) in [5.74, 6) is -0.238. The maximum atomic E-state index is 12.3. The molecule has 1 amide bonds. The molecule has 4 aromatic rings. The SMILES string of the molecule is O=C(NCCCn1nc2ccccn2c1=O)c1cc(-c2ccc(Br)cc2)n[nH]1. The summed E-state index contributed by atoms with van der Waals surface area (Å²) in [7, 11) is 0. The van der Waals surface area contributed by atoms with Gasteiger partial charge in [0.05, 0.1) is 5.69 Å². The number of H-pyrrole nitrogens is 1. The first-order valence-electron chi connectivity index (χ1n) is 8.75. The molecular weight excluding hydrogens is 424 g/mol. The van der Waals surface area contributed by atoms with E-state index in [0.717, 1.165) is 10.0 Å². The maximum Gasteiger partial charge on any atom is 0.350 e. The fraction of sp³-hybridized carbons (Fsp3) is 0.158. The summed E-state index contributed by atoms with van der Waals surface area (Å²) in [6.45, 7) is 0.847. The van der Waals surface area contributed by atoms with Crippen LogP contribution in [-0.4, -0.2) is 36.8 Å². The highest BCUT2D eigenvalue weighted by atomic mass is 79.9. The molecule has 28 heavy (non-hydrogen) atoms. The summed E-state index contributed by atoms with van der Waals surface area (Å²) in [5.41, 5.74) is 2.44. The lowest BCUT2D eigenvalue weighted by molar-refractivity contribution is 0.0947. The fourth-order valence-electron chi connectivity index (χ4n) is 2.85. The Kier molecular flexibility index (Phi) is 5.07. The molecule has 0 saturated carbocycles. The lowest BCUT2D eigenvalue weighted by Gasteiger charge is -2.03. The number of hydrogen-bond donors (Lipinski definition) is 2. The second kappa shape index (κ2) is 7.81. The molecule has 0 spiro atoms. The number of aromatic nitrogens is 5. The van der Waals surface area contributed by atoms with E-state index >= 15 is 0 Å². The van der Waals surface area contributed by atoms with Gasteiger partial charge in [-0.15, -0.1) is 5.10 Å². The van der Waals surface area contributed by atoms with Crippen LogP contribution in [0, 0.1) is 0 Å². The summed E-state index contributed by atoms with van der Waals surface area (Å²) < 4.78 is 3.88. The number of hydrogen-bond acceptors (Lipinski definition) is 4. The largest absolute Gasteiger partial charge is 0.351 e. The molecule has 9 heteroatoms. The number of aromatic amines is 1. The van der Waals surface area contributed by atoms with E-state index in [4.69, 9.17) is 0 Å². The number of aryl methyl sites for hydroxylation is 1. The van der Waals surface area contributed by atoms with Crippen LogP contribution in [0.4, 0.5) is 0 Å². The van der Waals surface area contributed by atoms with Crippen molar-refractivity contribution in [1.82, 2.24) is 29.7 Å². The summed E-state index contributed by atoms with van der Waals surface area (Å²) in [6.07, 6.45) is 2.27. The molecule has 0 saturated heterocycles. The quantitative estimate of drug-likeness (QED) is 0.450. The Morgan fingerprint density at radius 3 is 2.79 bits per heavy atom. The molecule has 0 unspecified atom stereocenters. The zero-order valence-electron chi connectivity index (χ0n) is 14.8. The van der Waals surface area contributed by atoms with E-state index in [9.17, 15) is 9.59 Å². The van der Waals surface area contributed by atoms with Crippen LogP contribution < -0.4 is 11.0 Å². The molecule has 0 radical (unpaired) electrons. The van der Waals surface area contributed by atoms with E-state index < -0.39 is 0 Å². The number of halogens is 1. The number of nitrogens with zero attached hydrogens (tertiary/aromatic N) is 4. The van der Waals surface area contributed by atoms with E-state index in [1.54, 1.807) is 24.4 Å².